The predicted molar refractivity (Wildman–Crippen MR) is 107 cm³/mol. The number of nitrogens with zero attached hydrogens (tertiary/aromatic N) is 3. The van der Waals surface area contributed by atoms with Crippen LogP contribution in [0, 0.1) is 0 Å². The number of rotatable bonds is 6. The number of carbonyl (C=O) groups excluding carboxylic acids is 5. The normalized spacial score (nSPS) is 15.6. The van der Waals surface area contributed by atoms with E-state index in [-0.39, 0.29) is 35.7 Å². The SMILES string of the molecule is C=CCN1C(=O)c2ccc(C(=O)OCC(=O)N3CCN(C(=O)OCC)CC3)cc2C1=O. The van der Waals surface area contributed by atoms with Crippen molar-refractivity contribution in [3.05, 3.63) is 47.5 Å². The van der Waals surface area contributed by atoms with Gasteiger partial charge in [0.15, 0.2) is 6.61 Å². The average Bonchev–Trinajstić information content (AvgIpc) is 3.02. The summed E-state index contributed by atoms with van der Waals surface area (Å²) in [6.07, 6.45) is 1.02. The summed E-state index contributed by atoms with van der Waals surface area (Å²) in [7, 11) is 0. The third-order valence-corrected chi connectivity index (χ3v) is 5.00. The smallest absolute Gasteiger partial charge is 0.409 e. The van der Waals surface area contributed by atoms with Crippen LogP contribution < -0.4 is 0 Å². The van der Waals surface area contributed by atoms with Gasteiger partial charge in [-0.05, 0) is 25.1 Å². The summed E-state index contributed by atoms with van der Waals surface area (Å²) in [6.45, 7) is 6.41. The number of hydrogen-bond donors (Lipinski definition) is 0. The molecule has 2 heterocycles. The first kappa shape index (κ1) is 22.0. The number of piperazine rings is 1. The standard InChI is InChI=1S/C21H23N3O7/c1-3-7-24-18(26)15-6-5-14(12-16(15)19(24)27)20(28)31-13-17(25)22-8-10-23(11-9-22)21(29)30-4-2/h3,5-6,12H,1,4,7-11,13H2,2H3. The quantitative estimate of drug-likeness (QED) is 0.375. The van der Waals surface area contributed by atoms with E-state index in [1.165, 1.54) is 34.1 Å². The van der Waals surface area contributed by atoms with E-state index in [0.717, 1.165) is 4.90 Å². The van der Waals surface area contributed by atoms with Gasteiger partial charge in [-0.15, -0.1) is 6.58 Å². The van der Waals surface area contributed by atoms with Gasteiger partial charge in [0.05, 0.1) is 23.3 Å². The lowest BCUT2D eigenvalue weighted by atomic mass is 10.1. The lowest BCUT2D eigenvalue weighted by Crippen LogP contribution is -2.51. The Labute approximate surface area is 179 Å². The van der Waals surface area contributed by atoms with E-state index in [1.807, 2.05) is 0 Å². The minimum atomic E-state index is -0.774. The van der Waals surface area contributed by atoms with Crippen molar-refractivity contribution >= 4 is 29.8 Å². The monoisotopic (exact) mass is 429 g/mol. The number of hydrogen-bond acceptors (Lipinski definition) is 7. The van der Waals surface area contributed by atoms with E-state index in [4.69, 9.17) is 9.47 Å². The van der Waals surface area contributed by atoms with Crippen LogP contribution in [0.3, 0.4) is 0 Å². The molecule has 10 heteroatoms. The third-order valence-electron chi connectivity index (χ3n) is 5.00. The van der Waals surface area contributed by atoms with Crippen LogP contribution in [0.4, 0.5) is 4.79 Å². The molecule has 0 radical (unpaired) electrons. The van der Waals surface area contributed by atoms with Crippen LogP contribution >= 0.6 is 0 Å². The second-order valence-corrected chi connectivity index (χ2v) is 6.91. The van der Waals surface area contributed by atoms with E-state index >= 15 is 0 Å². The molecule has 10 nitrogen and oxygen atoms in total. The first-order chi connectivity index (χ1) is 14.9. The van der Waals surface area contributed by atoms with Crippen molar-refractivity contribution in [1.82, 2.24) is 14.7 Å². The first-order valence-electron chi connectivity index (χ1n) is 9.85. The molecule has 164 valence electrons. The zero-order valence-electron chi connectivity index (χ0n) is 17.2. The fraction of sp³-hybridized carbons (Fsp3) is 0.381. The van der Waals surface area contributed by atoms with Gasteiger partial charge in [0, 0.05) is 32.7 Å². The van der Waals surface area contributed by atoms with Crippen molar-refractivity contribution < 1.29 is 33.4 Å². The van der Waals surface area contributed by atoms with E-state index in [0.29, 0.717) is 26.2 Å². The summed E-state index contributed by atoms with van der Waals surface area (Å²) >= 11 is 0. The summed E-state index contributed by atoms with van der Waals surface area (Å²) in [5.74, 6) is -2.12. The van der Waals surface area contributed by atoms with Crippen LogP contribution in [-0.2, 0) is 14.3 Å². The molecule has 31 heavy (non-hydrogen) atoms. The molecule has 4 amide bonds. The number of fused-ring (bicyclic) bond motifs is 1. The van der Waals surface area contributed by atoms with E-state index in [9.17, 15) is 24.0 Å². The largest absolute Gasteiger partial charge is 0.452 e. The highest BCUT2D eigenvalue weighted by molar-refractivity contribution is 6.22. The van der Waals surface area contributed by atoms with Crippen LogP contribution in [0.2, 0.25) is 0 Å². The Morgan fingerprint density at radius 2 is 1.65 bits per heavy atom. The minimum Gasteiger partial charge on any atom is -0.452 e. The van der Waals surface area contributed by atoms with Gasteiger partial charge in [0.25, 0.3) is 17.7 Å². The van der Waals surface area contributed by atoms with Gasteiger partial charge in [0.2, 0.25) is 0 Å². The molecule has 0 unspecified atom stereocenters. The number of carbonyl (C=O) groups is 5. The van der Waals surface area contributed by atoms with Crippen molar-refractivity contribution in [1.29, 1.82) is 0 Å². The van der Waals surface area contributed by atoms with Gasteiger partial charge in [-0.1, -0.05) is 6.08 Å². The summed E-state index contributed by atoms with van der Waals surface area (Å²) < 4.78 is 10.0. The van der Waals surface area contributed by atoms with Gasteiger partial charge in [0.1, 0.15) is 0 Å². The molecule has 0 bridgehead atoms. The molecule has 0 N–H and O–H groups in total. The molecule has 1 aromatic rings. The Bertz CT molecular complexity index is 935. The highest BCUT2D eigenvalue weighted by atomic mass is 16.6. The highest BCUT2D eigenvalue weighted by Gasteiger charge is 2.35. The average molecular weight is 429 g/mol. The molecule has 0 saturated carbocycles. The van der Waals surface area contributed by atoms with Gasteiger partial charge < -0.3 is 19.3 Å². The lowest BCUT2D eigenvalue weighted by Gasteiger charge is -2.33. The lowest BCUT2D eigenvalue weighted by molar-refractivity contribution is -0.136. The van der Waals surface area contributed by atoms with Crippen LogP contribution in [0.25, 0.3) is 0 Å². The highest BCUT2D eigenvalue weighted by Crippen LogP contribution is 2.24. The molecule has 2 aliphatic heterocycles. The summed E-state index contributed by atoms with van der Waals surface area (Å²) in [6, 6.07) is 4.07. The Morgan fingerprint density at radius 3 is 2.29 bits per heavy atom. The van der Waals surface area contributed by atoms with Crippen molar-refractivity contribution in [3.8, 4) is 0 Å². The number of esters is 1. The van der Waals surface area contributed by atoms with Gasteiger partial charge >= 0.3 is 12.1 Å². The Balaban J connectivity index is 1.55. The summed E-state index contributed by atoms with van der Waals surface area (Å²) in [5, 5.41) is 0. The molecule has 2 aliphatic rings. The van der Waals surface area contributed by atoms with E-state index in [1.54, 1.807) is 6.92 Å². The fourth-order valence-electron chi connectivity index (χ4n) is 3.37. The Hall–Kier alpha value is -3.69. The van der Waals surface area contributed by atoms with Crippen LogP contribution in [0.5, 0.6) is 0 Å². The Morgan fingerprint density at radius 1 is 1.00 bits per heavy atom. The predicted octanol–water partition coefficient (Wildman–Crippen LogP) is 0.926. The summed E-state index contributed by atoms with van der Waals surface area (Å²) in [5.41, 5.74) is 0.391. The molecule has 0 aliphatic carbocycles. The molecular formula is C21H23N3O7. The molecule has 0 aromatic heterocycles. The number of benzene rings is 1. The van der Waals surface area contributed by atoms with Crippen molar-refractivity contribution in [2.45, 2.75) is 6.92 Å². The number of amides is 4. The van der Waals surface area contributed by atoms with E-state index in [2.05, 4.69) is 6.58 Å². The van der Waals surface area contributed by atoms with Gasteiger partial charge in [-0.3, -0.25) is 19.3 Å². The maximum atomic E-state index is 12.4. The minimum absolute atomic E-state index is 0.0697. The molecule has 0 atom stereocenters. The molecule has 0 spiro atoms. The number of imide groups is 1. The molecule has 1 aromatic carbocycles. The molecular weight excluding hydrogens is 406 g/mol. The zero-order valence-corrected chi connectivity index (χ0v) is 17.2. The molecule has 1 fully saturated rings. The second kappa shape index (κ2) is 9.41. The molecule has 3 rings (SSSR count). The van der Waals surface area contributed by atoms with Gasteiger partial charge in [-0.2, -0.15) is 0 Å². The van der Waals surface area contributed by atoms with Crippen molar-refractivity contribution in [3.63, 3.8) is 0 Å². The zero-order chi connectivity index (χ0) is 22.5. The maximum Gasteiger partial charge on any atom is 0.409 e. The van der Waals surface area contributed by atoms with Crippen LogP contribution in [-0.4, -0.2) is 90.4 Å². The maximum absolute atomic E-state index is 12.4. The third kappa shape index (κ3) is 4.57. The van der Waals surface area contributed by atoms with Gasteiger partial charge in [-0.25, -0.2) is 9.59 Å². The Kier molecular flexibility index (Phi) is 6.68. The van der Waals surface area contributed by atoms with E-state index < -0.39 is 30.5 Å². The topological polar surface area (TPSA) is 114 Å². The van der Waals surface area contributed by atoms with Crippen molar-refractivity contribution in [2.75, 3.05) is 45.9 Å². The fourth-order valence-corrected chi connectivity index (χ4v) is 3.37. The molecule has 1 saturated heterocycles. The van der Waals surface area contributed by atoms with Crippen LogP contribution in [0.15, 0.2) is 30.9 Å². The van der Waals surface area contributed by atoms with Crippen molar-refractivity contribution in [2.24, 2.45) is 0 Å². The van der Waals surface area contributed by atoms with Crippen LogP contribution in [0.1, 0.15) is 38.0 Å². The summed E-state index contributed by atoms with van der Waals surface area (Å²) in [4.78, 5) is 65.0. The second-order valence-electron chi connectivity index (χ2n) is 6.91. The first-order valence-corrected chi connectivity index (χ1v) is 9.85. The number of ether oxygens (including phenoxy) is 2.